The number of fused-ring (bicyclic) bond motifs is 2. The SMILES string of the molecule is Cn1cc2cc(-c3nc(C4CC4)c4sc(C(=O)N5CCOCC5)cc4n3)cnc2n1. The van der Waals surface area contributed by atoms with Crippen molar-refractivity contribution < 1.29 is 9.53 Å². The van der Waals surface area contributed by atoms with Gasteiger partial charge in [0.25, 0.3) is 5.91 Å². The van der Waals surface area contributed by atoms with Crippen LogP contribution in [0.4, 0.5) is 0 Å². The van der Waals surface area contributed by atoms with E-state index in [4.69, 9.17) is 14.7 Å². The molecule has 5 heterocycles. The van der Waals surface area contributed by atoms with Gasteiger partial charge in [-0.3, -0.25) is 9.48 Å². The third kappa shape index (κ3) is 3.05. The summed E-state index contributed by atoms with van der Waals surface area (Å²) in [7, 11) is 1.88. The Bertz CT molecular complexity index is 1290. The maximum absolute atomic E-state index is 13.0. The summed E-state index contributed by atoms with van der Waals surface area (Å²) in [5.41, 5.74) is 3.48. The fourth-order valence-corrected chi connectivity index (χ4v) is 5.03. The molecule has 2 fully saturated rings. The van der Waals surface area contributed by atoms with Crippen LogP contribution in [0.15, 0.2) is 24.5 Å². The van der Waals surface area contributed by atoms with Crippen LogP contribution in [0.5, 0.6) is 0 Å². The Labute approximate surface area is 176 Å². The Morgan fingerprint density at radius 3 is 2.83 bits per heavy atom. The van der Waals surface area contributed by atoms with Crippen LogP contribution in [0.3, 0.4) is 0 Å². The molecule has 1 aliphatic carbocycles. The van der Waals surface area contributed by atoms with Crippen LogP contribution in [0, 0.1) is 0 Å². The van der Waals surface area contributed by atoms with Crippen LogP contribution in [0.2, 0.25) is 0 Å². The van der Waals surface area contributed by atoms with Crippen molar-refractivity contribution >= 4 is 38.5 Å². The van der Waals surface area contributed by atoms with E-state index >= 15 is 0 Å². The molecule has 9 heteroatoms. The van der Waals surface area contributed by atoms with Gasteiger partial charge >= 0.3 is 0 Å². The van der Waals surface area contributed by atoms with Crippen LogP contribution < -0.4 is 0 Å². The molecule has 8 nitrogen and oxygen atoms in total. The Kier molecular flexibility index (Phi) is 4.07. The van der Waals surface area contributed by atoms with Crippen molar-refractivity contribution in [2.24, 2.45) is 7.05 Å². The zero-order chi connectivity index (χ0) is 20.2. The van der Waals surface area contributed by atoms with E-state index in [2.05, 4.69) is 10.1 Å². The molecule has 0 aromatic carbocycles. The molecule has 0 spiro atoms. The maximum Gasteiger partial charge on any atom is 0.264 e. The van der Waals surface area contributed by atoms with E-state index < -0.39 is 0 Å². The van der Waals surface area contributed by atoms with Gasteiger partial charge in [0, 0.05) is 49.4 Å². The molecule has 30 heavy (non-hydrogen) atoms. The Balaban J connectivity index is 1.44. The van der Waals surface area contributed by atoms with E-state index in [0.717, 1.165) is 44.6 Å². The van der Waals surface area contributed by atoms with E-state index in [1.54, 1.807) is 10.9 Å². The minimum absolute atomic E-state index is 0.0584. The molecule has 1 saturated carbocycles. The molecule has 1 amide bonds. The standard InChI is InChI=1S/C21H20N6O2S/c1-26-11-14-8-13(10-22-19(14)25-26)20-23-15-9-16(21(28)27-4-6-29-7-5-27)30-18(15)17(24-20)12-2-3-12/h8-12H,2-7H2,1H3. The molecule has 4 aromatic heterocycles. The highest BCUT2D eigenvalue weighted by Gasteiger charge is 2.30. The summed E-state index contributed by atoms with van der Waals surface area (Å²) in [6.07, 6.45) is 5.99. The number of morpholine rings is 1. The van der Waals surface area contributed by atoms with Crippen LogP contribution in [-0.4, -0.2) is 61.8 Å². The molecule has 1 aliphatic heterocycles. The van der Waals surface area contributed by atoms with Gasteiger partial charge in [-0.05, 0) is 25.0 Å². The summed E-state index contributed by atoms with van der Waals surface area (Å²) in [6, 6.07) is 3.95. The van der Waals surface area contributed by atoms with Gasteiger partial charge in [0.1, 0.15) is 0 Å². The summed E-state index contributed by atoms with van der Waals surface area (Å²) in [5, 5.41) is 5.29. The number of ether oxygens (including phenoxy) is 1. The summed E-state index contributed by atoms with van der Waals surface area (Å²) >= 11 is 1.52. The molecular formula is C21H20N6O2S. The van der Waals surface area contributed by atoms with Crippen molar-refractivity contribution in [1.82, 2.24) is 29.6 Å². The second-order valence-corrected chi connectivity index (χ2v) is 8.93. The van der Waals surface area contributed by atoms with Gasteiger partial charge in [-0.25, -0.2) is 15.0 Å². The average Bonchev–Trinajstić information content (AvgIpc) is 3.41. The lowest BCUT2D eigenvalue weighted by Crippen LogP contribution is -2.40. The average molecular weight is 420 g/mol. The zero-order valence-electron chi connectivity index (χ0n) is 16.5. The van der Waals surface area contributed by atoms with Crippen LogP contribution in [0.1, 0.15) is 34.1 Å². The summed E-state index contributed by atoms with van der Waals surface area (Å²) < 4.78 is 8.16. The predicted octanol–water partition coefficient (Wildman–Crippen LogP) is 2.99. The van der Waals surface area contributed by atoms with Gasteiger partial charge in [-0.2, -0.15) is 5.10 Å². The van der Waals surface area contributed by atoms with Gasteiger partial charge < -0.3 is 9.64 Å². The molecule has 0 atom stereocenters. The van der Waals surface area contributed by atoms with Gasteiger partial charge in [-0.15, -0.1) is 11.3 Å². The highest BCUT2D eigenvalue weighted by molar-refractivity contribution is 7.21. The molecule has 2 aliphatic rings. The van der Waals surface area contributed by atoms with Gasteiger partial charge in [-0.1, -0.05) is 0 Å². The highest BCUT2D eigenvalue weighted by Crippen LogP contribution is 2.44. The number of aryl methyl sites for hydroxylation is 1. The molecule has 0 bridgehead atoms. The molecule has 0 unspecified atom stereocenters. The second-order valence-electron chi connectivity index (χ2n) is 7.88. The Hall–Kier alpha value is -2.91. The molecule has 6 rings (SSSR count). The quantitative estimate of drug-likeness (QED) is 0.506. The first kappa shape index (κ1) is 17.9. The lowest BCUT2D eigenvalue weighted by atomic mass is 10.2. The molecular weight excluding hydrogens is 400 g/mol. The Morgan fingerprint density at radius 1 is 1.20 bits per heavy atom. The van der Waals surface area contributed by atoms with E-state index in [1.165, 1.54) is 11.3 Å². The first-order chi connectivity index (χ1) is 14.7. The fraction of sp³-hybridized carbons (Fsp3) is 0.381. The number of amides is 1. The smallest absolute Gasteiger partial charge is 0.264 e. The number of carbonyl (C=O) groups excluding carboxylic acids is 1. The molecule has 0 radical (unpaired) electrons. The third-order valence-electron chi connectivity index (χ3n) is 5.60. The minimum atomic E-state index is 0.0584. The zero-order valence-corrected chi connectivity index (χ0v) is 17.4. The minimum Gasteiger partial charge on any atom is -0.378 e. The first-order valence-corrected chi connectivity index (χ1v) is 11.0. The number of pyridine rings is 1. The van der Waals surface area contributed by atoms with Crippen molar-refractivity contribution in [2.45, 2.75) is 18.8 Å². The predicted molar refractivity (Wildman–Crippen MR) is 114 cm³/mol. The highest BCUT2D eigenvalue weighted by atomic mass is 32.1. The topological polar surface area (TPSA) is 86.0 Å². The molecule has 4 aromatic rings. The van der Waals surface area contributed by atoms with Crippen LogP contribution in [0.25, 0.3) is 32.6 Å². The van der Waals surface area contributed by atoms with Crippen molar-refractivity contribution in [1.29, 1.82) is 0 Å². The van der Waals surface area contributed by atoms with Crippen LogP contribution >= 0.6 is 11.3 Å². The van der Waals surface area contributed by atoms with E-state index in [9.17, 15) is 4.79 Å². The lowest BCUT2D eigenvalue weighted by molar-refractivity contribution is 0.0306. The van der Waals surface area contributed by atoms with Crippen molar-refractivity contribution in [2.75, 3.05) is 26.3 Å². The van der Waals surface area contributed by atoms with Crippen LogP contribution in [-0.2, 0) is 11.8 Å². The number of hydrogen-bond donors (Lipinski definition) is 0. The monoisotopic (exact) mass is 420 g/mol. The second kappa shape index (κ2) is 6.82. The number of carbonyl (C=O) groups is 1. The number of nitrogens with zero attached hydrogens (tertiary/aromatic N) is 6. The van der Waals surface area contributed by atoms with Gasteiger partial charge in [0.2, 0.25) is 0 Å². The molecule has 152 valence electrons. The number of aromatic nitrogens is 5. The first-order valence-electron chi connectivity index (χ1n) is 10.1. The largest absolute Gasteiger partial charge is 0.378 e. The maximum atomic E-state index is 13.0. The third-order valence-corrected chi connectivity index (χ3v) is 6.74. The van der Waals surface area contributed by atoms with Crippen molar-refractivity contribution in [3.05, 3.63) is 35.1 Å². The molecule has 1 saturated heterocycles. The number of thiophene rings is 1. The fourth-order valence-electron chi connectivity index (χ4n) is 3.90. The Morgan fingerprint density at radius 2 is 2.03 bits per heavy atom. The van der Waals surface area contributed by atoms with Crippen molar-refractivity contribution in [3.8, 4) is 11.4 Å². The molecule has 0 N–H and O–H groups in total. The summed E-state index contributed by atoms with van der Waals surface area (Å²) in [6.45, 7) is 2.46. The lowest BCUT2D eigenvalue weighted by Gasteiger charge is -2.26. The number of hydrogen-bond acceptors (Lipinski definition) is 7. The summed E-state index contributed by atoms with van der Waals surface area (Å²) in [4.78, 5) is 29.8. The normalized spacial score (nSPS) is 17.2. The summed E-state index contributed by atoms with van der Waals surface area (Å²) in [5.74, 6) is 1.17. The van der Waals surface area contributed by atoms with Crippen molar-refractivity contribution in [3.63, 3.8) is 0 Å². The number of rotatable bonds is 3. The van der Waals surface area contributed by atoms with Gasteiger partial charge in [0.05, 0.1) is 34.0 Å². The van der Waals surface area contributed by atoms with E-state index in [0.29, 0.717) is 43.7 Å². The van der Waals surface area contributed by atoms with E-state index in [1.807, 2.05) is 30.3 Å². The van der Waals surface area contributed by atoms with E-state index in [-0.39, 0.29) is 5.91 Å². The van der Waals surface area contributed by atoms with Gasteiger partial charge in [0.15, 0.2) is 11.5 Å².